The van der Waals surface area contributed by atoms with Crippen LogP contribution in [0.1, 0.15) is 12.0 Å². The third-order valence-electron chi connectivity index (χ3n) is 3.36. The number of anilines is 1. The molecule has 2 aromatic rings. The van der Waals surface area contributed by atoms with Gasteiger partial charge in [0.25, 0.3) is 5.91 Å². The summed E-state index contributed by atoms with van der Waals surface area (Å²) in [7, 11) is 0. The molecule has 0 atom stereocenters. The minimum absolute atomic E-state index is 0.0134. The molecule has 3 N–H and O–H groups in total. The van der Waals surface area contributed by atoms with Crippen LogP contribution in [0, 0.1) is 6.92 Å². The van der Waals surface area contributed by atoms with Gasteiger partial charge in [-0.3, -0.25) is 15.0 Å². The summed E-state index contributed by atoms with van der Waals surface area (Å²) in [5.74, 6) is -0.00645. The van der Waals surface area contributed by atoms with E-state index in [4.69, 9.17) is 4.74 Å². The lowest BCUT2D eigenvalue weighted by Gasteiger charge is -2.13. The number of hydrazine groups is 1. The van der Waals surface area contributed by atoms with Gasteiger partial charge in [0.05, 0.1) is 6.42 Å². The van der Waals surface area contributed by atoms with E-state index < -0.39 is 0 Å². The number of halogens is 2. The number of benzene rings is 2. The fraction of sp³-hybridized carbons (Fsp3) is 0.158. The summed E-state index contributed by atoms with van der Waals surface area (Å²) in [5.41, 5.74) is 7.01. The molecule has 0 fully saturated rings. The molecule has 0 bridgehead atoms. The highest BCUT2D eigenvalue weighted by Gasteiger charge is 2.08. The quantitative estimate of drug-likeness (QED) is 0.481. The summed E-state index contributed by atoms with van der Waals surface area (Å²) in [6.07, 6.45) is 0.0134. The number of hydrogen-bond donors (Lipinski definition) is 3. The van der Waals surface area contributed by atoms with Gasteiger partial charge >= 0.3 is 0 Å². The summed E-state index contributed by atoms with van der Waals surface area (Å²) in [6.45, 7) is 5.46. The smallest absolute Gasteiger partial charge is 0.276 e. The molecule has 8 heteroatoms. The monoisotopic (exact) mass is 495 g/mol. The first-order valence-electron chi connectivity index (χ1n) is 8.00. The van der Waals surface area contributed by atoms with Crippen LogP contribution in [-0.4, -0.2) is 18.4 Å². The van der Waals surface area contributed by atoms with Crippen molar-refractivity contribution in [2.45, 2.75) is 13.3 Å². The Morgan fingerprint density at radius 1 is 1.04 bits per heavy atom. The van der Waals surface area contributed by atoms with Gasteiger partial charge in [-0.2, -0.15) is 0 Å². The Morgan fingerprint density at radius 2 is 1.78 bits per heavy atom. The first kappa shape index (κ1) is 21.0. The van der Waals surface area contributed by atoms with Crippen LogP contribution < -0.4 is 20.9 Å². The maximum Gasteiger partial charge on any atom is 0.276 e. The Hall–Kier alpha value is -2.32. The largest absolute Gasteiger partial charge is 0.483 e. The first-order valence-corrected chi connectivity index (χ1v) is 9.59. The molecule has 0 aliphatic carbocycles. The second kappa shape index (κ2) is 10.1. The molecular formula is C19H19Br2N3O3. The van der Waals surface area contributed by atoms with Crippen molar-refractivity contribution < 1.29 is 14.3 Å². The number of rotatable bonds is 8. The van der Waals surface area contributed by atoms with E-state index in [0.29, 0.717) is 17.1 Å². The Bertz CT molecular complexity index is 856. The average Bonchev–Trinajstić information content (AvgIpc) is 2.59. The maximum absolute atomic E-state index is 12.0. The molecular weight excluding hydrogens is 478 g/mol. The van der Waals surface area contributed by atoms with Gasteiger partial charge in [-0.25, -0.2) is 0 Å². The van der Waals surface area contributed by atoms with Crippen molar-refractivity contribution in [2.75, 3.05) is 11.9 Å². The summed E-state index contributed by atoms with van der Waals surface area (Å²) < 4.78 is 7.28. The topological polar surface area (TPSA) is 79.5 Å². The van der Waals surface area contributed by atoms with Gasteiger partial charge in [0.1, 0.15) is 5.75 Å². The fourth-order valence-electron chi connectivity index (χ4n) is 2.12. The number of nitrogens with one attached hydrogen (secondary N) is 3. The third kappa shape index (κ3) is 7.44. The molecule has 0 heterocycles. The van der Waals surface area contributed by atoms with Gasteiger partial charge in [0, 0.05) is 20.3 Å². The van der Waals surface area contributed by atoms with Crippen molar-refractivity contribution in [3.05, 3.63) is 69.2 Å². The Morgan fingerprint density at radius 3 is 2.48 bits per heavy atom. The lowest BCUT2D eigenvalue weighted by atomic mass is 10.2. The summed E-state index contributed by atoms with van der Waals surface area (Å²) >= 11 is 6.71. The average molecular weight is 497 g/mol. The lowest BCUT2D eigenvalue weighted by Crippen LogP contribution is -2.40. The van der Waals surface area contributed by atoms with E-state index in [-0.39, 0.29) is 24.8 Å². The molecule has 0 saturated heterocycles. The highest BCUT2D eigenvalue weighted by molar-refractivity contribution is 9.10. The molecule has 0 radical (unpaired) electrons. The lowest BCUT2D eigenvalue weighted by molar-refractivity contribution is -0.124. The summed E-state index contributed by atoms with van der Waals surface area (Å²) in [5, 5.41) is 2.75. The van der Waals surface area contributed by atoms with Gasteiger partial charge < -0.3 is 15.5 Å². The zero-order valence-electron chi connectivity index (χ0n) is 14.6. The highest BCUT2D eigenvalue weighted by Crippen LogP contribution is 2.22. The number of carbonyl (C=O) groups excluding carboxylic acids is 2. The Balaban J connectivity index is 1.71. The van der Waals surface area contributed by atoms with Crippen LogP contribution in [0.4, 0.5) is 5.69 Å². The first-order chi connectivity index (χ1) is 12.8. The van der Waals surface area contributed by atoms with Crippen LogP contribution >= 0.6 is 31.9 Å². The van der Waals surface area contributed by atoms with Crippen molar-refractivity contribution in [2.24, 2.45) is 0 Å². The summed E-state index contributed by atoms with van der Waals surface area (Å²) in [6, 6.07) is 12.8. The second-order valence-electron chi connectivity index (χ2n) is 5.71. The molecule has 142 valence electrons. The molecule has 0 unspecified atom stereocenters. The Kier molecular flexibility index (Phi) is 7.87. The van der Waals surface area contributed by atoms with E-state index in [2.05, 4.69) is 54.6 Å². The van der Waals surface area contributed by atoms with Crippen molar-refractivity contribution in [3.8, 4) is 5.75 Å². The highest BCUT2D eigenvalue weighted by atomic mass is 79.9. The van der Waals surface area contributed by atoms with E-state index in [0.717, 1.165) is 14.5 Å². The van der Waals surface area contributed by atoms with Crippen molar-refractivity contribution in [3.63, 3.8) is 0 Å². The third-order valence-corrected chi connectivity index (χ3v) is 4.34. The molecule has 6 nitrogen and oxygen atoms in total. The Labute approximate surface area is 174 Å². The van der Waals surface area contributed by atoms with Gasteiger partial charge in [-0.05, 0) is 48.9 Å². The van der Waals surface area contributed by atoms with Crippen LogP contribution in [0.25, 0.3) is 0 Å². The van der Waals surface area contributed by atoms with Gasteiger partial charge in [-0.1, -0.05) is 44.5 Å². The van der Waals surface area contributed by atoms with Crippen LogP contribution in [-0.2, 0) is 9.59 Å². The van der Waals surface area contributed by atoms with Crippen LogP contribution in [0.15, 0.2) is 63.7 Å². The molecule has 0 aliphatic rings. The number of hydrogen-bond acceptors (Lipinski definition) is 4. The minimum atomic E-state index is -0.383. The molecule has 27 heavy (non-hydrogen) atoms. The molecule has 0 spiro atoms. The zero-order valence-corrected chi connectivity index (χ0v) is 17.8. The van der Waals surface area contributed by atoms with Crippen molar-refractivity contribution in [1.82, 2.24) is 10.9 Å². The number of amides is 2. The predicted octanol–water partition coefficient (Wildman–Crippen LogP) is 4.06. The zero-order chi connectivity index (χ0) is 19.8. The summed E-state index contributed by atoms with van der Waals surface area (Å²) in [4.78, 5) is 23.8. The van der Waals surface area contributed by atoms with E-state index in [1.807, 2.05) is 31.2 Å². The molecule has 2 amide bonds. The van der Waals surface area contributed by atoms with E-state index >= 15 is 0 Å². The van der Waals surface area contributed by atoms with E-state index in [1.165, 1.54) is 0 Å². The molecule has 0 aromatic heterocycles. The van der Waals surface area contributed by atoms with Crippen LogP contribution in [0.2, 0.25) is 0 Å². The SMILES string of the molecule is C=C(CC(=O)Nc1cccc(Br)c1)NNC(=O)COc1ccc(Br)cc1C. The van der Waals surface area contributed by atoms with Crippen molar-refractivity contribution in [1.29, 1.82) is 0 Å². The van der Waals surface area contributed by atoms with E-state index in [9.17, 15) is 9.59 Å². The van der Waals surface area contributed by atoms with Crippen LogP contribution in [0.5, 0.6) is 5.75 Å². The normalized spacial score (nSPS) is 10.0. The fourth-order valence-corrected chi connectivity index (χ4v) is 3.00. The maximum atomic E-state index is 12.0. The number of ether oxygens (including phenoxy) is 1. The van der Waals surface area contributed by atoms with Crippen LogP contribution in [0.3, 0.4) is 0 Å². The predicted molar refractivity (Wildman–Crippen MR) is 112 cm³/mol. The van der Waals surface area contributed by atoms with Gasteiger partial charge in [0.15, 0.2) is 6.61 Å². The van der Waals surface area contributed by atoms with Crippen molar-refractivity contribution >= 4 is 49.4 Å². The molecule has 2 rings (SSSR count). The van der Waals surface area contributed by atoms with E-state index in [1.54, 1.807) is 18.2 Å². The number of carbonyl (C=O) groups is 2. The van der Waals surface area contributed by atoms with Gasteiger partial charge in [0.2, 0.25) is 5.91 Å². The minimum Gasteiger partial charge on any atom is -0.483 e. The molecule has 2 aromatic carbocycles. The number of aryl methyl sites for hydroxylation is 1. The molecule has 0 saturated carbocycles. The van der Waals surface area contributed by atoms with Gasteiger partial charge in [-0.15, -0.1) is 0 Å². The second-order valence-corrected chi connectivity index (χ2v) is 7.54. The standard InChI is InChI=1S/C19H19Br2N3O3/c1-12-8-15(21)6-7-17(12)27-11-19(26)24-23-13(2)9-18(25)22-16-5-3-4-14(20)10-16/h3-8,10,23H,2,9,11H2,1H3,(H,22,25)(H,24,26). The molecule has 0 aliphatic heterocycles.